The summed E-state index contributed by atoms with van der Waals surface area (Å²) >= 11 is 0. The Bertz CT molecular complexity index is 1110. The number of benzene rings is 2. The number of rotatable bonds is 7. The van der Waals surface area contributed by atoms with Gasteiger partial charge in [0.05, 0.1) is 30.4 Å². The molecule has 0 bridgehead atoms. The minimum absolute atomic E-state index is 0.0393. The van der Waals surface area contributed by atoms with E-state index in [2.05, 4.69) is 6.92 Å². The van der Waals surface area contributed by atoms with Gasteiger partial charge < -0.3 is 9.47 Å². The van der Waals surface area contributed by atoms with Gasteiger partial charge in [-0.1, -0.05) is 38.0 Å². The fraction of sp³-hybridized carbons (Fsp3) is 0.462. The second kappa shape index (κ2) is 9.29. The summed E-state index contributed by atoms with van der Waals surface area (Å²) < 4.78 is 101. The lowest BCUT2D eigenvalue weighted by Crippen LogP contribution is -2.41. The van der Waals surface area contributed by atoms with Gasteiger partial charge in [0.1, 0.15) is 5.82 Å². The van der Waals surface area contributed by atoms with Crippen LogP contribution in [0.4, 0.5) is 26.3 Å². The van der Waals surface area contributed by atoms with Crippen molar-refractivity contribution in [1.29, 1.82) is 0 Å². The quantitative estimate of drug-likeness (QED) is 0.224. The summed E-state index contributed by atoms with van der Waals surface area (Å²) in [5.74, 6) is -13.5. The number of unbranched alkanes of at least 4 members (excludes halogenated alkanes) is 2. The highest BCUT2D eigenvalue weighted by Gasteiger charge is 2.65. The lowest BCUT2D eigenvalue weighted by atomic mass is 9.78. The number of fused-ring (bicyclic) bond motifs is 3. The van der Waals surface area contributed by atoms with Crippen molar-refractivity contribution in [1.82, 2.24) is 0 Å². The molecule has 1 atom stereocenters. The number of hydrogen-bond acceptors (Lipinski definition) is 2. The van der Waals surface area contributed by atoms with Crippen molar-refractivity contribution < 1.29 is 35.8 Å². The first-order valence-corrected chi connectivity index (χ1v) is 11.5. The Labute approximate surface area is 194 Å². The molecular weight excluding hydrogens is 458 g/mol. The minimum Gasteiger partial charge on any atom is -0.491 e. The molecule has 0 amide bonds. The van der Waals surface area contributed by atoms with Gasteiger partial charge in [-0.2, -0.15) is 17.6 Å². The molecule has 0 N–H and O–H groups in total. The summed E-state index contributed by atoms with van der Waals surface area (Å²) in [6.07, 6.45) is 5.24. The first kappa shape index (κ1) is 24.6. The van der Waals surface area contributed by atoms with E-state index in [4.69, 9.17) is 9.47 Å². The van der Waals surface area contributed by atoms with Gasteiger partial charge in [-0.25, -0.2) is 8.78 Å². The van der Waals surface area contributed by atoms with Gasteiger partial charge >= 0.3 is 11.8 Å². The lowest BCUT2D eigenvalue weighted by Gasteiger charge is -2.36. The second-order valence-corrected chi connectivity index (χ2v) is 8.63. The Hall–Kier alpha value is -2.48. The molecule has 0 spiro atoms. The van der Waals surface area contributed by atoms with Gasteiger partial charge in [0.25, 0.3) is 0 Å². The minimum atomic E-state index is -4.98. The topological polar surface area (TPSA) is 18.5 Å². The molecule has 1 unspecified atom stereocenters. The van der Waals surface area contributed by atoms with E-state index in [1.807, 2.05) is 6.08 Å². The standard InChI is InChI=1S/C26H26F6O2/c1-3-5-6-7-15-8-12-19(34-14-15)18-10-9-16-17-11-13-20(33-4-2)24(28)22(17)26(31,32)25(29,30)21(16)23(18)27/h8-11,13,19H,3-7,12,14H2,1-2H3. The van der Waals surface area contributed by atoms with E-state index in [0.29, 0.717) is 0 Å². The van der Waals surface area contributed by atoms with Gasteiger partial charge in [0, 0.05) is 5.56 Å². The van der Waals surface area contributed by atoms with Crippen LogP contribution in [0.3, 0.4) is 0 Å². The first-order valence-electron chi connectivity index (χ1n) is 11.5. The van der Waals surface area contributed by atoms with E-state index in [-0.39, 0.29) is 25.2 Å². The number of halogens is 6. The predicted molar refractivity (Wildman–Crippen MR) is 116 cm³/mol. The maximum atomic E-state index is 15.5. The molecule has 1 heterocycles. The highest BCUT2D eigenvalue weighted by atomic mass is 19.3. The molecule has 0 aromatic heterocycles. The molecule has 1 aliphatic carbocycles. The molecule has 4 rings (SSSR count). The van der Waals surface area contributed by atoms with E-state index in [1.54, 1.807) is 0 Å². The maximum Gasteiger partial charge on any atom is 0.343 e. The van der Waals surface area contributed by atoms with Crippen LogP contribution in [0.15, 0.2) is 35.9 Å². The Morgan fingerprint density at radius 2 is 1.56 bits per heavy atom. The highest BCUT2D eigenvalue weighted by Crippen LogP contribution is 2.60. The van der Waals surface area contributed by atoms with Crippen LogP contribution in [-0.2, 0) is 16.6 Å². The van der Waals surface area contributed by atoms with E-state index < -0.39 is 57.6 Å². The molecule has 2 aliphatic rings. The van der Waals surface area contributed by atoms with Crippen LogP contribution in [0.2, 0.25) is 0 Å². The van der Waals surface area contributed by atoms with E-state index in [9.17, 15) is 4.39 Å². The van der Waals surface area contributed by atoms with Crippen molar-refractivity contribution in [3.05, 3.63) is 64.2 Å². The van der Waals surface area contributed by atoms with Crippen molar-refractivity contribution in [3.63, 3.8) is 0 Å². The van der Waals surface area contributed by atoms with Crippen LogP contribution in [0.1, 0.15) is 68.7 Å². The summed E-state index contributed by atoms with van der Waals surface area (Å²) in [5.41, 5.74) is -3.05. The Morgan fingerprint density at radius 1 is 0.912 bits per heavy atom. The molecule has 34 heavy (non-hydrogen) atoms. The monoisotopic (exact) mass is 484 g/mol. The summed E-state index contributed by atoms with van der Waals surface area (Å²) in [6, 6.07) is 4.54. The van der Waals surface area contributed by atoms with Crippen molar-refractivity contribution in [2.24, 2.45) is 0 Å². The fourth-order valence-corrected chi connectivity index (χ4v) is 4.64. The molecule has 2 aromatic carbocycles. The number of hydrogen-bond donors (Lipinski definition) is 0. The van der Waals surface area contributed by atoms with E-state index in [0.717, 1.165) is 49.5 Å². The average Bonchev–Trinajstić information content (AvgIpc) is 2.80. The van der Waals surface area contributed by atoms with Crippen molar-refractivity contribution >= 4 is 0 Å². The smallest absolute Gasteiger partial charge is 0.343 e. The molecule has 0 fully saturated rings. The van der Waals surface area contributed by atoms with Crippen LogP contribution < -0.4 is 4.74 Å². The van der Waals surface area contributed by atoms with Gasteiger partial charge in [0.15, 0.2) is 11.6 Å². The third-order valence-corrected chi connectivity index (χ3v) is 6.43. The Balaban J connectivity index is 1.76. The van der Waals surface area contributed by atoms with E-state index in [1.165, 1.54) is 13.0 Å². The predicted octanol–water partition coefficient (Wildman–Crippen LogP) is 8.20. The lowest BCUT2D eigenvalue weighted by molar-refractivity contribution is -0.228. The molecule has 0 saturated heterocycles. The van der Waals surface area contributed by atoms with Gasteiger partial charge in [-0.3, -0.25) is 0 Å². The highest BCUT2D eigenvalue weighted by molar-refractivity contribution is 5.77. The van der Waals surface area contributed by atoms with Crippen LogP contribution in [0.25, 0.3) is 11.1 Å². The van der Waals surface area contributed by atoms with Crippen LogP contribution in [0.5, 0.6) is 5.75 Å². The van der Waals surface area contributed by atoms with Crippen molar-refractivity contribution in [2.75, 3.05) is 13.2 Å². The number of alkyl halides is 4. The largest absolute Gasteiger partial charge is 0.491 e. The average molecular weight is 484 g/mol. The van der Waals surface area contributed by atoms with Crippen LogP contribution in [0, 0.1) is 11.6 Å². The van der Waals surface area contributed by atoms with Gasteiger partial charge in [-0.15, -0.1) is 0 Å². The van der Waals surface area contributed by atoms with Crippen molar-refractivity contribution in [3.8, 4) is 16.9 Å². The van der Waals surface area contributed by atoms with Crippen molar-refractivity contribution in [2.45, 2.75) is 63.9 Å². The first-order chi connectivity index (χ1) is 16.1. The van der Waals surface area contributed by atoms with E-state index >= 15 is 22.0 Å². The molecule has 1 aliphatic heterocycles. The summed E-state index contributed by atoms with van der Waals surface area (Å²) in [7, 11) is 0. The zero-order chi connectivity index (χ0) is 24.7. The third-order valence-electron chi connectivity index (χ3n) is 6.43. The Morgan fingerprint density at radius 3 is 2.15 bits per heavy atom. The molecule has 0 saturated carbocycles. The molecule has 2 aromatic rings. The molecular formula is C26H26F6O2. The summed E-state index contributed by atoms with van der Waals surface area (Å²) in [5, 5.41) is 0. The molecule has 0 radical (unpaired) electrons. The maximum absolute atomic E-state index is 15.5. The third kappa shape index (κ3) is 3.89. The van der Waals surface area contributed by atoms with Gasteiger partial charge in [0.2, 0.25) is 0 Å². The molecule has 184 valence electrons. The second-order valence-electron chi connectivity index (χ2n) is 8.63. The summed E-state index contributed by atoms with van der Waals surface area (Å²) in [6.45, 7) is 3.78. The summed E-state index contributed by atoms with van der Waals surface area (Å²) in [4.78, 5) is 0. The fourth-order valence-electron chi connectivity index (χ4n) is 4.64. The molecule has 8 heteroatoms. The SMILES string of the molecule is CCCCCC1=CCC(c2ccc3c(c2F)C(F)(F)C(F)(F)c2c-3ccc(OCC)c2F)OC1. The van der Waals surface area contributed by atoms with Crippen LogP contribution in [-0.4, -0.2) is 13.2 Å². The Kier molecular flexibility index (Phi) is 6.73. The zero-order valence-electron chi connectivity index (χ0n) is 19.0. The molecule has 2 nitrogen and oxygen atoms in total. The normalized spacial score (nSPS) is 20.4. The zero-order valence-corrected chi connectivity index (χ0v) is 19.0. The van der Waals surface area contributed by atoms with Gasteiger partial charge in [-0.05, 0) is 55.0 Å². The van der Waals surface area contributed by atoms with Crippen LogP contribution >= 0.6 is 0 Å². The number of ether oxygens (including phenoxy) is 2.